The summed E-state index contributed by atoms with van der Waals surface area (Å²) in [5.41, 5.74) is 0. The third-order valence-electron chi connectivity index (χ3n) is 1.86. The number of anilines is 1. The molecule has 78 valence electrons. The molecule has 0 amide bonds. The maximum Gasteiger partial charge on any atom is 0.166 e. The van der Waals surface area contributed by atoms with Crippen molar-refractivity contribution in [2.24, 2.45) is 0 Å². The fourth-order valence-corrected chi connectivity index (χ4v) is 1.29. The Hall–Kier alpha value is -0.680. The number of hydrogen-bond donors (Lipinski definition) is 2. The van der Waals surface area contributed by atoms with Gasteiger partial charge in [0.1, 0.15) is 0 Å². The van der Waals surface area contributed by atoms with E-state index in [4.69, 9.17) is 5.11 Å². The molecule has 0 aromatic carbocycles. The monoisotopic (exact) mass is 262 g/mol. The average molecular weight is 263 g/mol. The molecule has 0 saturated heterocycles. The lowest BCUT2D eigenvalue weighted by molar-refractivity contribution is 0.271. The van der Waals surface area contributed by atoms with E-state index in [0.29, 0.717) is 10.9 Å². The lowest BCUT2D eigenvalue weighted by Gasteiger charge is -2.14. The van der Waals surface area contributed by atoms with Crippen molar-refractivity contribution < 1.29 is 9.50 Å². The van der Waals surface area contributed by atoms with Crippen LogP contribution < -0.4 is 5.32 Å². The van der Waals surface area contributed by atoms with Crippen LogP contribution in [0.25, 0.3) is 0 Å². The van der Waals surface area contributed by atoms with Gasteiger partial charge in [-0.05, 0) is 28.4 Å². The Labute approximate surface area is 90.5 Å². The van der Waals surface area contributed by atoms with Crippen LogP contribution in [0.15, 0.2) is 16.7 Å². The number of rotatable bonds is 4. The number of aromatic nitrogens is 1. The molecule has 1 aromatic rings. The lowest BCUT2D eigenvalue weighted by Crippen LogP contribution is -2.23. The first-order valence-corrected chi connectivity index (χ1v) is 5.15. The van der Waals surface area contributed by atoms with Crippen LogP contribution in [0.2, 0.25) is 0 Å². The second-order valence-electron chi connectivity index (χ2n) is 2.92. The highest BCUT2D eigenvalue weighted by Crippen LogP contribution is 2.17. The molecule has 2 N–H and O–H groups in total. The van der Waals surface area contributed by atoms with E-state index in [2.05, 4.69) is 26.2 Å². The number of aliphatic hydroxyl groups excluding tert-OH is 1. The smallest absolute Gasteiger partial charge is 0.166 e. The van der Waals surface area contributed by atoms with Gasteiger partial charge in [-0.3, -0.25) is 0 Å². The quantitative estimate of drug-likeness (QED) is 0.875. The summed E-state index contributed by atoms with van der Waals surface area (Å²) in [5.74, 6) is -0.250. The molecule has 3 nitrogen and oxygen atoms in total. The molecule has 1 heterocycles. The van der Waals surface area contributed by atoms with E-state index < -0.39 is 5.82 Å². The Bertz CT molecular complexity index is 305. The Morgan fingerprint density at radius 1 is 1.71 bits per heavy atom. The molecule has 1 atom stereocenters. The summed E-state index contributed by atoms with van der Waals surface area (Å²) in [6.07, 6.45) is 2.23. The molecule has 5 heteroatoms. The van der Waals surface area contributed by atoms with Gasteiger partial charge < -0.3 is 10.4 Å². The summed E-state index contributed by atoms with van der Waals surface area (Å²) in [6, 6.07) is 1.18. The first kappa shape index (κ1) is 11.4. The molecule has 0 spiro atoms. The average Bonchev–Trinajstić information content (AvgIpc) is 2.17. The van der Waals surface area contributed by atoms with Crippen LogP contribution in [0.3, 0.4) is 0 Å². The molecule has 1 unspecified atom stereocenters. The van der Waals surface area contributed by atoms with Crippen LogP contribution in [0.5, 0.6) is 0 Å². The van der Waals surface area contributed by atoms with E-state index in [1.807, 2.05) is 6.92 Å². The van der Waals surface area contributed by atoms with E-state index in [9.17, 15) is 4.39 Å². The molecule has 1 rings (SSSR count). The van der Waals surface area contributed by atoms with Crippen LogP contribution in [0.4, 0.5) is 10.2 Å². The van der Waals surface area contributed by atoms with Crippen LogP contribution in [0, 0.1) is 5.82 Å². The topological polar surface area (TPSA) is 45.1 Å². The Morgan fingerprint density at radius 3 is 2.93 bits per heavy atom. The van der Waals surface area contributed by atoms with Gasteiger partial charge in [0.25, 0.3) is 0 Å². The van der Waals surface area contributed by atoms with Gasteiger partial charge >= 0.3 is 0 Å². The van der Waals surface area contributed by atoms with Crippen LogP contribution >= 0.6 is 15.9 Å². The molecule has 14 heavy (non-hydrogen) atoms. The van der Waals surface area contributed by atoms with E-state index in [-0.39, 0.29) is 18.5 Å². The summed E-state index contributed by atoms with van der Waals surface area (Å²) in [7, 11) is 0. The predicted molar refractivity (Wildman–Crippen MR) is 56.7 cm³/mol. The first-order chi connectivity index (χ1) is 6.67. The second kappa shape index (κ2) is 5.26. The van der Waals surface area contributed by atoms with Gasteiger partial charge in [0.2, 0.25) is 0 Å². The highest BCUT2D eigenvalue weighted by molar-refractivity contribution is 9.10. The van der Waals surface area contributed by atoms with E-state index in [1.165, 1.54) is 12.3 Å². The second-order valence-corrected chi connectivity index (χ2v) is 3.83. The number of nitrogens with one attached hydrogen (secondary N) is 1. The summed E-state index contributed by atoms with van der Waals surface area (Å²) in [4.78, 5) is 3.87. The number of hydrogen-bond acceptors (Lipinski definition) is 3. The van der Waals surface area contributed by atoms with Crippen molar-refractivity contribution in [3.63, 3.8) is 0 Å². The molecule has 0 fully saturated rings. The molecular formula is C9H12BrFN2O. The van der Waals surface area contributed by atoms with Crippen molar-refractivity contribution in [1.82, 2.24) is 4.98 Å². The number of pyridine rings is 1. The third kappa shape index (κ3) is 2.92. The minimum absolute atomic E-state index is 0.0340. The molecule has 0 aliphatic carbocycles. The van der Waals surface area contributed by atoms with Crippen molar-refractivity contribution in [2.45, 2.75) is 19.4 Å². The first-order valence-electron chi connectivity index (χ1n) is 4.35. The van der Waals surface area contributed by atoms with Crippen molar-refractivity contribution >= 4 is 21.7 Å². The fourth-order valence-electron chi connectivity index (χ4n) is 0.991. The normalized spacial score (nSPS) is 12.6. The lowest BCUT2D eigenvalue weighted by atomic mass is 10.2. The van der Waals surface area contributed by atoms with Crippen LogP contribution in [0.1, 0.15) is 13.3 Å². The molecule has 0 aliphatic rings. The molecule has 0 saturated carbocycles. The predicted octanol–water partition coefficient (Wildman–Crippen LogP) is 2.17. The molecule has 1 aromatic heterocycles. The Kier molecular flexibility index (Phi) is 4.28. The summed E-state index contributed by atoms with van der Waals surface area (Å²) in [6.45, 7) is 1.87. The van der Waals surface area contributed by atoms with Crippen molar-refractivity contribution in [3.8, 4) is 0 Å². The van der Waals surface area contributed by atoms with E-state index >= 15 is 0 Å². The maximum absolute atomic E-state index is 13.2. The zero-order valence-corrected chi connectivity index (χ0v) is 9.38. The highest BCUT2D eigenvalue weighted by Gasteiger charge is 2.09. The van der Waals surface area contributed by atoms with Gasteiger partial charge in [0.15, 0.2) is 11.6 Å². The molecule has 0 aliphatic heterocycles. The van der Waals surface area contributed by atoms with Gasteiger partial charge in [-0.15, -0.1) is 0 Å². The van der Waals surface area contributed by atoms with Crippen LogP contribution in [-0.4, -0.2) is 22.7 Å². The molecule has 0 radical (unpaired) electrons. The minimum atomic E-state index is -0.425. The zero-order valence-electron chi connectivity index (χ0n) is 7.80. The minimum Gasteiger partial charge on any atom is -0.394 e. The SMILES string of the molecule is CCC(CO)Nc1ncc(Br)cc1F. The number of halogens is 2. The molecule has 0 bridgehead atoms. The van der Waals surface area contributed by atoms with Crippen molar-refractivity contribution in [1.29, 1.82) is 0 Å². The number of aliphatic hydroxyl groups is 1. The third-order valence-corrected chi connectivity index (χ3v) is 2.30. The van der Waals surface area contributed by atoms with Gasteiger partial charge in [0, 0.05) is 10.7 Å². The fraction of sp³-hybridized carbons (Fsp3) is 0.444. The summed E-state index contributed by atoms with van der Waals surface area (Å²) < 4.78 is 13.8. The number of nitrogens with zero attached hydrogens (tertiary/aromatic N) is 1. The Balaban J connectivity index is 2.76. The van der Waals surface area contributed by atoms with E-state index in [1.54, 1.807) is 0 Å². The van der Waals surface area contributed by atoms with E-state index in [0.717, 1.165) is 0 Å². The van der Waals surface area contributed by atoms with Crippen molar-refractivity contribution in [3.05, 3.63) is 22.6 Å². The molecular weight excluding hydrogens is 251 g/mol. The summed E-state index contributed by atoms with van der Waals surface area (Å²) >= 11 is 3.12. The van der Waals surface area contributed by atoms with Gasteiger partial charge in [0.05, 0.1) is 12.6 Å². The van der Waals surface area contributed by atoms with Gasteiger partial charge in [-0.1, -0.05) is 6.92 Å². The Morgan fingerprint density at radius 2 is 2.43 bits per heavy atom. The maximum atomic E-state index is 13.2. The zero-order chi connectivity index (χ0) is 10.6. The van der Waals surface area contributed by atoms with Gasteiger partial charge in [-0.2, -0.15) is 0 Å². The summed E-state index contributed by atoms with van der Waals surface area (Å²) in [5, 5.41) is 11.7. The standard InChI is InChI=1S/C9H12BrFN2O/c1-2-7(5-14)13-9-8(11)3-6(10)4-12-9/h3-4,7,14H,2,5H2,1H3,(H,12,13). The van der Waals surface area contributed by atoms with Crippen LogP contribution in [-0.2, 0) is 0 Å². The highest BCUT2D eigenvalue weighted by atomic mass is 79.9. The largest absolute Gasteiger partial charge is 0.394 e. The van der Waals surface area contributed by atoms with Crippen molar-refractivity contribution in [2.75, 3.05) is 11.9 Å². The van der Waals surface area contributed by atoms with Gasteiger partial charge in [-0.25, -0.2) is 9.37 Å².